The van der Waals surface area contributed by atoms with Crippen molar-refractivity contribution >= 4 is 11.8 Å². The lowest BCUT2D eigenvalue weighted by molar-refractivity contribution is -0.0255. The zero-order valence-corrected chi connectivity index (χ0v) is 8.42. The summed E-state index contributed by atoms with van der Waals surface area (Å²) in [5.41, 5.74) is 0.671. The van der Waals surface area contributed by atoms with Crippen molar-refractivity contribution in [1.29, 1.82) is 0 Å². The molecule has 11 heavy (non-hydrogen) atoms. The standard InChI is InChI=1S/C10H16S/c1-8(2)7-4-5-9(3)10(8,6-7)11-9/h7H,4-6H2,1-3H3. The van der Waals surface area contributed by atoms with E-state index in [4.69, 9.17) is 0 Å². The first-order valence-corrected chi connectivity index (χ1v) is 5.54. The molecule has 3 aliphatic carbocycles. The van der Waals surface area contributed by atoms with Gasteiger partial charge in [0.15, 0.2) is 0 Å². The van der Waals surface area contributed by atoms with Crippen LogP contribution in [0.15, 0.2) is 0 Å². The largest absolute Gasteiger partial charge is 0.145 e. The fourth-order valence-corrected chi connectivity index (χ4v) is 5.76. The molecule has 0 N–H and O–H groups in total. The minimum atomic E-state index is 0.671. The molecule has 0 aromatic carbocycles. The maximum absolute atomic E-state index is 2.48. The zero-order valence-electron chi connectivity index (χ0n) is 7.61. The Bertz CT molecular complexity index is 229. The molecule has 4 fully saturated rings. The number of hydrogen-bond acceptors (Lipinski definition) is 1. The summed E-state index contributed by atoms with van der Waals surface area (Å²) in [5, 5.41) is 0. The van der Waals surface area contributed by atoms with Crippen molar-refractivity contribution in [2.75, 3.05) is 0 Å². The Morgan fingerprint density at radius 3 is 2.45 bits per heavy atom. The van der Waals surface area contributed by atoms with Gasteiger partial charge in [-0.1, -0.05) is 13.8 Å². The normalized spacial score (nSPS) is 63.0. The first kappa shape index (κ1) is 6.82. The van der Waals surface area contributed by atoms with Crippen LogP contribution in [0.3, 0.4) is 0 Å². The summed E-state index contributed by atoms with van der Waals surface area (Å²) in [5.74, 6) is 1.06. The van der Waals surface area contributed by atoms with E-state index in [0.29, 0.717) is 10.2 Å². The second-order valence-corrected chi connectivity index (χ2v) is 7.12. The fourth-order valence-electron chi connectivity index (χ4n) is 3.66. The van der Waals surface area contributed by atoms with Gasteiger partial charge in [0.2, 0.25) is 0 Å². The second-order valence-electron chi connectivity index (χ2n) is 5.32. The van der Waals surface area contributed by atoms with Crippen LogP contribution in [0.1, 0.15) is 40.0 Å². The van der Waals surface area contributed by atoms with E-state index in [1.54, 1.807) is 0 Å². The number of rotatable bonds is 0. The second kappa shape index (κ2) is 1.41. The summed E-state index contributed by atoms with van der Waals surface area (Å²) in [4.78, 5) is 0. The Kier molecular flexibility index (Phi) is 0.873. The Labute approximate surface area is 73.1 Å². The van der Waals surface area contributed by atoms with E-state index >= 15 is 0 Å². The molecule has 0 radical (unpaired) electrons. The van der Waals surface area contributed by atoms with Gasteiger partial charge in [-0.2, -0.15) is 0 Å². The number of fused-ring (bicyclic) bond motifs is 1. The van der Waals surface area contributed by atoms with Crippen LogP contribution in [-0.4, -0.2) is 9.49 Å². The van der Waals surface area contributed by atoms with E-state index in [9.17, 15) is 0 Å². The SMILES string of the molecule is CC12CCC3CC1(S2)C3(C)C. The highest BCUT2D eigenvalue weighted by atomic mass is 32.2. The van der Waals surface area contributed by atoms with Crippen LogP contribution in [0, 0.1) is 11.3 Å². The van der Waals surface area contributed by atoms with Crippen LogP contribution >= 0.6 is 11.8 Å². The van der Waals surface area contributed by atoms with Gasteiger partial charge in [0, 0.05) is 9.49 Å². The molecular formula is C10H16S. The highest BCUT2D eigenvalue weighted by molar-refractivity contribution is 8.09. The topological polar surface area (TPSA) is 0 Å². The van der Waals surface area contributed by atoms with Gasteiger partial charge in [-0.15, -0.1) is 11.8 Å². The average Bonchev–Trinajstić information content (AvgIpc) is 2.57. The molecule has 0 nitrogen and oxygen atoms in total. The molecule has 1 saturated heterocycles. The fraction of sp³-hybridized carbons (Fsp3) is 1.00. The van der Waals surface area contributed by atoms with Gasteiger partial charge in [-0.3, -0.25) is 0 Å². The predicted molar refractivity (Wildman–Crippen MR) is 49.8 cm³/mol. The van der Waals surface area contributed by atoms with E-state index in [1.807, 2.05) is 0 Å². The van der Waals surface area contributed by atoms with Crippen molar-refractivity contribution in [1.82, 2.24) is 0 Å². The van der Waals surface area contributed by atoms with Crippen molar-refractivity contribution in [3.05, 3.63) is 0 Å². The molecule has 1 heteroatoms. The monoisotopic (exact) mass is 168 g/mol. The molecule has 1 heterocycles. The van der Waals surface area contributed by atoms with Crippen molar-refractivity contribution in [3.63, 3.8) is 0 Å². The summed E-state index contributed by atoms with van der Waals surface area (Å²) in [7, 11) is 0. The molecule has 3 atom stereocenters. The van der Waals surface area contributed by atoms with Gasteiger partial charge in [0.05, 0.1) is 0 Å². The molecule has 3 saturated carbocycles. The Morgan fingerprint density at radius 2 is 2.00 bits per heavy atom. The predicted octanol–water partition coefficient (Wildman–Crippen LogP) is 3.07. The lowest BCUT2D eigenvalue weighted by Crippen LogP contribution is -2.58. The van der Waals surface area contributed by atoms with Crippen LogP contribution < -0.4 is 0 Å². The lowest BCUT2D eigenvalue weighted by atomic mass is 9.46. The average molecular weight is 168 g/mol. The van der Waals surface area contributed by atoms with Gasteiger partial charge in [-0.25, -0.2) is 0 Å². The van der Waals surface area contributed by atoms with E-state index in [1.165, 1.54) is 19.3 Å². The summed E-state index contributed by atoms with van der Waals surface area (Å²) < 4.78 is 1.44. The molecular weight excluding hydrogens is 152 g/mol. The molecule has 62 valence electrons. The molecule has 2 bridgehead atoms. The van der Waals surface area contributed by atoms with Crippen molar-refractivity contribution in [2.45, 2.75) is 49.5 Å². The van der Waals surface area contributed by atoms with E-state index in [-0.39, 0.29) is 0 Å². The summed E-state index contributed by atoms with van der Waals surface area (Å²) in [6, 6.07) is 0. The van der Waals surface area contributed by atoms with Gasteiger partial charge in [-0.05, 0) is 37.5 Å². The molecule has 0 aromatic heterocycles. The maximum atomic E-state index is 2.48. The van der Waals surface area contributed by atoms with Crippen molar-refractivity contribution in [2.24, 2.45) is 11.3 Å². The van der Waals surface area contributed by atoms with E-state index in [0.717, 1.165) is 10.7 Å². The van der Waals surface area contributed by atoms with Crippen molar-refractivity contribution in [3.8, 4) is 0 Å². The lowest BCUT2D eigenvalue weighted by Gasteiger charge is -2.58. The van der Waals surface area contributed by atoms with E-state index < -0.39 is 0 Å². The first-order chi connectivity index (χ1) is 5.02. The zero-order chi connectivity index (χ0) is 7.91. The minimum absolute atomic E-state index is 0.671. The molecule has 4 rings (SSSR count). The van der Waals surface area contributed by atoms with Gasteiger partial charge in [0.1, 0.15) is 0 Å². The molecule has 0 amide bonds. The molecule has 4 aliphatic rings. The van der Waals surface area contributed by atoms with Crippen LogP contribution in [0.4, 0.5) is 0 Å². The maximum Gasteiger partial charge on any atom is 0.0366 e. The smallest absolute Gasteiger partial charge is 0.0366 e. The summed E-state index contributed by atoms with van der Waals surface area (Å²) in [6.07, 6.45) is 4.52. The third-order valence-corrected chi connectivity index (χ3v) is 7.07. The van der Waals surface area contributed by atoms with Gasteiger partial charge < -0.3 is 0 Å². The summed E-state index contributed by atoms with van der Waals surface area (Å²) in [6.45, 7) is 7.45. The van der Waals surface area contributed by atoms with Crippen LogP contribution in [0.2, 0.25) is 0 Å². The first-order valence-electron chi connectivity index (χ1n) is 4.72. The van der Waals surface area contributed by atoms with Crippen LogP contribution in [0.5, 0.6) is 0 Å². The van der Waals surface area contributed by atoms with E-state index in [2.05, 4.69) is 32.5 Å². The third-order valence-electron chi connectivity index (χ3n) is 4.78. The van der Waals surface area contributed by atoms with Gasteiger partial charge in [0.25, 0.3) is 0 Å². The van der Waals surface area contributed by atoms with Crippen molar-refractivity contribution < 1.29 is 0 Å². The number of thioether (sulfide) groups is 1. The number of hydrogen-bond donors (Lipinski definition) is 0. The Hall–Kier alpha value is 0.350. The Balaban J connectivity index is 2.05. The Morgan fingerprint density at radius 1 is 1.27 bits per heavy atom. The molecule has 1 spiro atoms. The van der Waals surface area contributed by atoms with Gasteiger partial charge >= 0.3 is 0 Å². The quantitative estimate of drug-likeness (QED) is 0.501. The van der Waals surface area contributed by atoms with Crippen LogP contribution in [0.25, 0.3) is 0 Å². The summed E-state index contributed by atoms with van der Waals surface area (Å²) >= 11 is 2.28. The third kappa shape index (κ3) is 0.466. The minimum Gasteiger partial charge on any atom is -0.145 e. The highest BCUT2D eigenvalue weighted by Crippen LogP contribution is 2.86. The molecule has 3 unspecified atom stereocenters. The highest BCUT2D eigenvalue weighted by Gasteiger charge is 2.81. The van der Waals surface area contributed by atoms with Crippen LogP contribution in [-0.2, 0) is 0 Å². The molecule has 0 aromatic rings. The molecule has 1 aliphatic heterocycles.